The van der Waals surface area contributed by atoms with E-state index in [1.165, 1.54) is 0 Å². The Bertz CT molecular complexity index is 370. The smallest absolute Gasteiger partial charge is 0.274 e. The number of anilines is 1. The summed E-state index contributed by atoms with van der Waals surface area (Å²) in [5.41, 5.74) is 0.422. The molecule has 0 unspecified atom stereocenters. The van der Waals surface area contributed by atoms with E-state index in [1.54, 1.807) is 19.4 Å². The van der Waals surface area contributed by atoms with Crippen LogP contribution in [-0.2, 0) is 0 Å². The lowest BCUT2D eigenvalue weighted by atomic mass is 10.2. The summed E-state index contributed by atoms with van der Waals surface area (Å²) >= 11 is 0. The molecule has 0 aliphatic carbocycles. The molecule has 0 aliphatic heterocycles. The maximum atomic E-state index is 12.4. The van der Waals surface area contributed by atoms with Gasteiger partial charge in [0, 0.05) is 20.1 Å². The van der Waals surface area contributed by atoms with E-state index in [-0.39, 0.29) is 5.91 Å². The van der Waals surface area contributed by atoms with E-state index in [2.05, 4.69) is 29.1 Å². The third-order valence-corrected chi connectivity index (χ3v) is 2.98. The van der Waals surface area contributed by atoms with E-state index in [4.69, 9.17) is 0 Å². The first-order chi connectivity index (χ1) is 9.22. The highest BCUT2D eigenvalue weighted by Gasteiger charge is 2.16. The average Bonchev–Trinajstić information content (AvgIpc) is 2.47. The molecule has 0 saturated heterocycles. The summed E-state index contributed by atoms with van der Waals surface area (Å²) in [5.74, 6) is 0.655. The molecule has 0 aromatic carbocycles. The summed E-state index contributed by atoms with van der Waals surface area (Å²) in [7, 11) is 1.78. The lowest BCUT2D eigenvalue weighted by molar-refractivity contribution is 0.0744. The molecule has 0 fully saturated rings. The summed E-state index contributed by atoms with van der Waals surface area (Å²) in [4.78, 5) is 22.6. The van der Waals surface area contributed by atoms with Gasteiger partial charge in [0.25, 0.3) is 5.91 Å². The highest BCUT2D eigenvalue weighted by atomic mass is 16.2. The molecule has 5 heteroatoms. The van der Waals surface area contributed by atoms with Gasteiger partial charge in [0.1, 0.15) is 11.5 Å². The van der Waals surface area contributed by atoms with E-state index in [1.807, 2.05) is 4.90 Å². The molecule has 106 valence electrons. The zero-order chi connectivity index (χ0) is 14.1. The second kappa shape index (κ2) is 8.45. The molecule has 1 heterocycles. The Labute approximate surface area is 115 Å². The Morgan fingerprint density at radius 3 is 2.21 bits per heavy atom. The summed E-state index contributed by atoms with van der Waals surface area (Å²) in [6, 6.07) is 0. The van der Waals surface area contributed by atoms with Crippen LogP contribution in [0.5, 0.6) is 0 Å². The van der Waals surface area contributed by atoms with Crippen molar-refractivity contribution in [3.8, 4) is 0 Å². The van der Waals surface area contributed by atoms with E-state index in [9.17, 15) is 4.79 Å². The quantitative estimate of drug-likeness (QED) is 0.784. The minimum atomic E-state index is -0.0166. The van der Waals surface area contributed by atoms with Gasteiger partial charge in [-0.15, -0.1) is 0 Å². The lowest BCUT2D eigenvalue weighted by Crippen LogP contribution is -2.33. The number of hydrogen-bond donors (Lipinski definition) is 1. The number of hydrogen-bond acceptors (Lipinski definition) is 4. The van der Waals surface area contributed by atoms with Gasteiger partial charge in [-0.25, -0.2) is 9.97 Å². The van der Waals surface area contributed by atoms with Crippen LogP contribution < -0.4 is 5.32 Å². The molecule has 0 bridgehead atoms. The fourth-order valence-electron chi connectivity index (χ4n) is 1.74. The van der Waals surface area contributed by atoms with Crippen LogP contribution in [0, 0.1) is 0 Å². The zero-order valence-electron chi connectivity index (χ0n) is 12.1. The maximum absolute atomic E-state index is 12.4. The van der Waals surface area contributed by atoms with Crippen LogP contribution in [0.2, 0.25) is 0 Å². The highest BCUT2D eigenvalue weighted by molar-refractivity contribution is 5.92. The molecular weight excluding hydrogens is 240 g/mol. The van der Waals surface area contributed by atoms with Gasteiger partial charge in [0.15, 0.2) is 0 Å². The average molecular weight is 264 g/mol. The molecule has 1 aromatic rings. The molecule has 19 heavy (non-hydrogen) atoms. The van der Waals surface area contributed by atoms with Crippen molar-refractivity contribution in [2.24, 2.45) is 0 Å². The van der Waals surface area contributed by atoms with Gasteiger partial charge < -0.3 is 10.2 Å². The van der Waals surface area contributed by atoms with Gasteiger partial charge in [0.05, 0.1) is 12.4 Å². The minimum absolute atomic E-state index is 0.0166. The van der Waals surface area contributed by atoms with Crippen LogP contribution in [0.25, 0.3) is 0 Å². The number of unbranched alkanes of at least 4 members (excludes halogenated alkanes) is 2. The number of nitrogens with one attached hydrogen (secondary N) is 1. The number of rotatable bonds is 8. The molecule has 0 aliphatic rings. The van der Waals surface area contributed by atoms with Crippen molar-refractivity contribution in [3.63, 3.8) is 0 Å². The number of amides is 1. The van der Waals surface area contributed by atoms with Crippen molar-refractivity contribution in [3.05, 3.63) is 18.1 Å². The van der Waals surface area contributed by atoms with Gasteiger partial charge in [-0.2, -0.15) is 0 Å². The number of carbonyl (C=O) groups excluding carboxylic acids is 1. The van der Waals surface area contributed by atoms with Crippen LogP contribution in [0.3, 0.4) is 0 Å². The van der Waals surface area contributed by atoms with E-state index in [0.29, 0.717) is 11.5 Å². The maximum Gasteiger partial charge on any atom is 0.274 e. The minimum Gasteiger partial charge on any atom is -0.372 e. The number of carbonyl (C=O) groups is 1. The third-order valence-electron chi connectivity index (χ3n) is 2.98. The molecule has 1 rings (SSSR count). The van der Waals surface area contributed by atoms with E-state index < -0.39 is 0 Å². The first kappa shape index (κ1) is 15.4. The van der Waals surface area contributed by atoms with Crippen LogP contribution in [-0.4, -0.2) is 40.9 Å². The van der Waals surface area contributed by atoms with Crippen molar-refractivity contribution in [1.29, 1.82) is 0 Å². The monoisotopic (exact) mass is 264 g/mol. The van der Waals surface area contributed by atoms with Crippen molar-refractivity contribution >= 4 is 11.7 Å². The second-order valence-corrected chi connectivity index (χ2v) is 4.54. The molecule has 1 aromatic heterocycles. The third kappa shape index (κ3) is 4.85. The number of nitrogens with zero attached hydrogens (tertiary/aromatic N) is 3. The molecular formula is C14H24N4O. The predicted molar refractivity (Wildman–Crippen MR) is 77.3 cm³/mol. The first-order valence-electron chi connectivity index (χ1n) is 7.02. The number of aromatic nitrogens is 2. The molecule has 0 spiro atoms. The van der Waals surface area contributed by atoms with E-state index >= 15 is 0 Å². The summed E-state index contributed by atoms with van der Waals surface area (Å²) < 4.78 is 0. The van der Waals surface area contributed by atoms with Gasteiger partial charge in [-0.1, -0.05) is 26.7 Å². The second-order valence-electron chi connectivity index (χ2n) is 4.54. The molecule has 5 nitrogen and oxygen atoms in total. The molecule has 0 radical (unpaired) electrons. The largest absolute Gasteiger partial charge is 0.372 e. The summed E-state index contributed by atoms with van der Waals surface area (Å²) in [6.07, 6.45) is 7.35. The van der Waals surface area contributed by atoms with Crippen LogP contribution in [0.1, 0.15) is 50.0 Å². The SMILES string of the molecule is CCCCN(CCCC)C(=O)c1cnc(NC)cn1. The van der Waals surface area contributed by atoms with Crippen LogP contribution in [0.15, 0.2) is 12.4 Å². The summed E-state index contributed by atoms with van der Waals surface area (Å²) in [6.45, 7) is 5.85. The Morgan fingerprint density at radius 2 is 1.79 bits per heavy atom. The Balaban J connectivity index is 2.72. The van der Waals surface area contributed by atoms with Gasteiger partial charge >= 0.3 is 0 Å². The highest BCUT2D eigenvalue weighted by Crippen LogP contribution is 2.07. The van der Waals surface area contributed by atoms with Gasteiger partial charge in [-0.05, 0) is 12.8 Å². The topological polar surface area (TPSA) is 58.1 Å². The van der Waals surface area contributed by atoms with Crippen LogP contribution in [0.4, 0.5) is 5.82 Å². The Kier molecular flexibility index (Phi) is 6.85. The molecule has 0 atom stereocenters. The zero-order valence-corrected chi connectivity index (χ0v) is 12.1. The molecule has 1 N–H and O–H groups in total. The lowest BCUT2D eigenvalue weighted by Gasteiger charge is -2.21. The molecule has 0 saturated carbocycles. The van der Waals surface area contributed by atoms with Crippen molar-refractivity contribution in [2.75, 3.05) is 25.5 Å². The fraction of sp³-hybridized carbons (Fsp3) is 0.643. The van der Waals surface area contributed by atoms with Gasteiger partial charge in [0.2, 0.25) is 0 Å². The molecule has 1 amide bonds. The normalized spacial score (nSPS) is 10.3. The summed E-state index contributed by atoms with van der Waals surface area (Å²) in [5, 5.41) is 2.89. The Hall–Kier alpha value is -1.65. The standard InChI is InChI=1S/C14H24N4O/c1-4-6-8-18(9-7-5-2)14(19)12-10-17-13(15-3)11-16-12/h10-11H,4-9H2,1-3H3,(H,15,17). The van der Waals surface area contributed by atoms with Crippen LogP contribution >= 0.6 is 0 Å². The van der Waals surface area contributed by atoms with Crippen molar-refractivity contribution in [2.45, 2.75) is 39.5 Å². The first-order valence-corrected chi connectivity index (χ1v) is 7.02. The van der Waals surface area contributed by atoms with Crippen molar-refractivity contribution in [1.82, 2.24) is 14.9 Å². The van der Waals surface area contributed by atoms with Crippen molar-refractivity contribution < 1.29 is 4.79 Å². The fourth-order valence-corrected chi connectivity index (χ4v) is 1.74. The Morgan fingerprint density at radius 1 is 1.16 bits per heavy atom. The van der Waals surface area contributed by atoms with E-state index in [0.717, 1.165) is 38.8 Å². The predicted octanol–water partition coefficient (Wildman–Crippen LogP) is 2.56. The van der Waals surface area contributed by atoms with Gasteiger partial charge in [-0.3, -0.25) is 4.79 Å².